The third-order valence-corrected chi connectivity index (χ3v) is 5.56. The van der Waals surface area contributed by atoms with Gasteiger partial charge in [0, 0.05) is 55.1 Å². The van der Waals surface area contributed by atoms with Crippen molar-refractivity contribution in [3.05, 3.63) is 83.6 Å². The van der Waals surface area contributed by atoms with Crippen molar-refractivity contribution in [3.63, 3.8) is 0 Å². The predicted octanol–water partition coefficient (Wildman–Crippen LogP) is 4.84. The third kappa shape index (κ3) is 4.48. The van der Waals surface area contributed by atoms with Crippen molar-refractivity contribution in [1.29, 1.82) is 0 Å². The van der Waals surface area contributed by atoms with Gasteiger partial charge in [-0.25, -0.2) is 4.39 Å². The number of hydrogen-bond donors (Lipinski definition) is 0. The highest BCUT2D eigenvalue weighted by Gasteiger charge is 2.16. The van der Waals surface area contributed by atoms with Crippen molar-refractivity contribution in [2.75, 3.05) is 6.54 Å². The summed E-state index contributed by atoms with van der Waals surface area (Å²) in [7, 11) is 1.88. The van der Waals surface area contributed by atoms with E-state index in [1.807, 2.05) is 63.5 Å². The average Bonchev–Trinajstić information content (AvgIpc) is 3.13. The molecule has 0 radical (unpaired) electrons. The monoisotopic (exact) mass is 416 g/mol. The zero-order valence-electron chi connectivity index (χ0n) is 17.9. The van der Waals surface area contributed by atoms with Gasteiger partial charge in [0.1, 0.15) is 5.82 Å². The van der Waals surface area contributed by atoms with Crippen LogP contribution in [0.5, 0.6) is 0 Å². The predicted molar refractivity (Wildman–Crippen MR) is 120 cm³/mol. The number of halogens is 1. The van der Waals surface area contributed by atoms with E-state index in [1.54, 1.807) is 21.8 Å². The van der Waals surface area contributed by atoms with Crippen LogP contribution < -0.4 is 0 Å². The van der Waals surface area contributed by atoms with Gasteiger partial charge in [-0.15, -0.1) is 0 Å². The molecule has 0 N–H and O–H groups in total. The van der Waals surface area contributed by atoms with E-state index < -0.39 is 0 Å². The van der Waals surface area contributed by atoms with Gasteiger partial charge in [0.2, 0.25) is 6.41 Å². The number of pyridine rings is 1. The number of aromatic nitrogens is 3. The molecule has 2 heterocycles. The van der Waals surface area contributed by atoms with Gasteiger partial charge in [-0.1, -0.05) is 37.3 Å². The number of hydrogen-bond acceptors (Lipinski definition) is 3. The highest BCUT2D eigenvalue weighted by Crippen LogP contribution is 2.26. The topological polar surface area (TPSA) is 51.0 Å². The molecule has 1 amide bonds. The Morgan fingerprint density at radius 3 is 2.68 bits per heavy atom. The zero-order valence-corrected chi connectivity index (χ0v) is 17.9. The minimum Gasteiger partial charge on any atom is -0.340 e. The third-order valence-electron chi connectivity index (χ3n) is 5.56. The van der Waals surface area contributed by atoms with E-state index in [2.05, 4.69) is 10.1 Å². The van der Waals surface area contributed by atoms with Crippen molar-refractivity contribution in [1.82, 2.24) is 19.7 Å². The first-order valence-electron chi connectivity index (χ1n) is 10.3. The Morgan fingerprint density at radius 1 is 1.16 bits per heavy atom. The van der Waals surface area contributed by atoms with Crippen LogP contribution in [0.4, 0.5) is 4.39 Å². The summed E-state index contributed by atoms with van der Waals surface area (Å²) in [5, 5.41) is 5.46. The molecule has 0 fully saturated rings. The first-order chi connectivity index (χ1) is 14.9. The molecule has 31 heavy (non-hydrogen) atoms. The van der Waals surface area contributed by atoms with Crippen LogP contribution in [-0.2, 0) is 18.4 Å². The van der Waals surface area contributed by atoms with Crippen molar-refractivity contribution in [2.45, 2.75) is 26.3 Å². The van der Waals surface area contributed by atoms with E-state index >= 15 is 0 Å². The van der Waals surface area contributed by atoms with Crippen LogP contribution in [0, 0.1) is 12.7 Å². The summed E-state index contributed by atoms with van der Waals surface area (Å²) in [5.74, 6) is -0.272. The lowest BCUT2D eigenvalue weighted by atomic mass is 10.0. The van der Waals surface area contributed by atoms with Crippen LogP contribution in [0.2, 0.25) is 0 Å². The molecule has 0 spiro atoms. The molecule has 158 valence electrons. The van der Waals surface area contributed by atoms with Gasteiger partial charge in [-0.2, -0.15) is 5.10 Å². The van der Waals surface area contributed by atoms with E-state index in [0.717, 1.165) is 39.7 Å². The molecule has 4 rings (SSSR count). The minimum atomic E-state index is -0.327. The number of nitrogens with zero attached hydrogens (tertiary/aromatic N) is 4. The van der Waals surface area contributed by atoms with Crippen LogP contribution in [0.3, 0.4) is 0 Å². The average molecular weight is 417 g/mol. The number of carbonyl (C=O) groups is 1. The number of fused-ring (bicyclic) bond motifs is 1. The number of benzene rings is 2. The van der Waals surface area contributed by atoms with Crippen molar-refractivity contribution in [2.24, 2.45) is 7.05 Å². The number of amides is 1. The molecule has 0 saturated heterocycles. The summed E-state index contributed by atoms with van der Waals surface area (Å²) in [6.45, 7) is 4.72. The highest BCUT2D eigenvalue weighted by atomic mass is 19.1. The van der Waals surface area contributed by atoms with Gasteiger partial charge in [0.15, 0.2) is 0 Å². The van der Waals surface area contributed by atoms with E-state index in [0.29, 0.717) is 12.1 Å². The molecule has 0 aliphatic carbocycles. The van der Waals surface area contributed by atoms with Crippen molar-refractivity contribution < 1.29 is 9.18 Å². The summed E-state index contributed by atoms with van der Waals surface area (Å²) in [6.07, 6.45) is 4.48. The van der Waals surface area contributed by atoms with E-state index in [4.69, 9.17) is 0 Å². The first-order valence-corrected chi connectivity index (χ1v) is 10.3. The number of carbonyl (C=O) groups excluding carboxylic acids is 1. The second-order valence-corrected chi connectivity index (χ2v) is 8.02. The molecule has 1 atom stereocenters. The van der Waals surface area contributed by atoms with Crippen molar-refractivity contribution >= 4 is 17.3 Å². The van der Waals surface area contributed by atoms with Gasteiger partial charge in [-0.3, -0.25) is 14.5 Å². The number of aryl methyl sites for hydroxylation is 2. The molecule has 0 saturated carbocycles. The fraction of sp³-hybridized carbons (Fsp3) is 0.240. The van der Waals surface area contributed by atoms with Crippen LogP contribution >= 0.6 is 0 Å². The number of rotatable bonds is 7. The van der Waals surface area contributed by atoms with E-state index in [-0.39, 0.29) is 18.3 Å². The maximum absolute atomic E-state index is 14.9. The maximum atomic E-state index is 14.9. The molecule has 2 aromatic carbocycles. The Balaban J connectivity index is 1.51. The molecule has 5 nitrogen and oxygen atoms in total. The largest absolute Gasteiger partial charge is 0.340 e. The molecule has 6 heteroatoms. The Hall–Kier alpha value is -3.54. The first kappa shape index (κ1) is 20.7. The van der Waals surface area contributed by atoms with E-state index in [9.17, 15) is 9.18 Å². The van der Waals surface area contributed by atoms with Crippen LogP contribution in [0.1, 0.15) is 29.7 Å². The molecular formula is C25H25FN4O. The lowest BCUT2D eigenvalue weighted by Crippen LogP contribution is -2.27. The maximum Gasteiger partial charge on any atom is 0.210 e. The highest BCUT2D eigenvalue weighted by molar-refractivity contribution is 5.84. The summed E-state index contributed by atoms with van der Waals surface area (Å²) < 4.78 is 16.7. The lowest BCUT2D eigenvalue weighted by molar-refractivity contribution is -0.118. The Bertz CT molecular complexity index is 1230. The summed E-state index contributed by atoms with van der Waals surface area (Å²) in [4.78, 5) is 17.7. The molecule has 0 bridgehead atoms. The van der Waals surface area contributed by atoms with Gasteiger partial charge >= 0.3 is 0 Å². The Labute approximate surface area is 181 Å². The van der Waals surface area contributed by atoms with Crippen LogP contribution in [0.15, 0.2) is 60.9 Å². The molecule has 0 aliphatic heterocycles. The summed E-state index contributed by atoms with van der Waals surface area (Å²) >= 11 is 0. The summed E-state index contributed by atoms with van der Waals surface area (Å²) in [5.41, 5.74) is 5.08. The molecule has 2 aromatic heterocycles. The van der Waals surface area contributed by atoms with Gasteiger partial charge in [0.25, 0.3) is 0 Å². The Kier molecular flexibility index (Phi) is 5.80. The van der Waals surface area contributed by atoms with Crippen molar-refractivity contribution in [3.8, 4) is 11.1 Å². The standard InChI is InChI=1S/C25H25FN4O/c1-17-5-4-10-27-25(17)18(2)13-30(16-31)15-21-8-6-19(11-23(21)26)20-7-9-22-14-29(3)28-24(22)12-20/h4-12,14,16,18H,13,15H2,1-3H3. The molecule has 4 aromatic rings. The minimum absolute atomic E-state index is 0.0545. The lowest BCUT2D eigenvalue weighted by Gasteiger charge is -2.23. The van der Waals surface area contributed by atoms with Gasteiger partial charge < -0.3 is 4.90 Å². The van der Waals surface area contributed by atoms with E-state index in [1.165, 1.54) is 6.07 Å². The normalized spacial score (nSPS) is 12.1. The quantitative estimate of drug-likeness (QED) is 0.405. The molecule has 0 aliphatic rings. The van der Waals surface area contributed by atoms with Crippen LogP contribution in [0.25, 0.3) is 22.0 Å². The Morgan fingerprint density at radius 2 is 1.94 bits per heavy atom. The van der Waals surface area contributed by atoms with Gasteiger partial charge in [0.05, 0.1) is 5.52 Å². The SMILES string of the molecule is Cc1cccnc1C(C)CN(C=O)Cc1ccc(-c2ccc3cn(C)nc3c2)cc1F. The van der Waals surface area contributed by atoms with Gasteiger partial charge in [-0.05, 0) is 41.8 Å². The second kappa shape index (κ2) is 8.68. The fourth-order valence-corrected chi connectivity index (χ4v) is 3.99. The van der Waals surface area contributed by atoms with Crippen LogP contribution in [-0.4, -0.2) is 32.6 Å². The fourth-order valence-electron chi connectivity index (χ4n) is 3.99. The second-order valence-electron chi connectivity index (χ2n) is 8.02. The zero-order chi connectivity index (χ0) is 22.0. The molecular weight excluding hydrogens is 391 g/mol. The summed E-state index contributed by atoms with van der Waals surface area (Å²) in [6, 6.07) is 15.0. The molecule has 1 unspecified atom stereocenters. The smallest absolute Gasteiger partial charge is 0.210 e.